The molecule has 0 N–H and O–H groups in total. The van der Waals surface area contributed by atoms with Gasteiger partial charge in [0.25, 0.3) is 0 Å². The van der Waals surface area contributed by atoms with Crippen molar-refractivity contribution in [3.63, 3.8) is 0 Å². The fourth-order valence-corrected chi connectivity index (χ4v) is 2.60. The van der Waals surface area contributed by atoms with Crippen LogP contribution in [0.3, 0.4) is 0 Å². The lowest BCUT2D eigenvalue weighted by atomic mass is 10.0. The number of alkyl halides is 3. The Kier molecular flexibility index (Phi) is 4.70. The fourth-order valence-electron chi connectivity index (χ4n) is 1.91. The van der Waals surface area contributed by atoms with Crippen molar-refractivity contribution in [1.29, 1.82) is 0 Å². The first-order valence-electron chi connectivity index (χ1n) is 6.02. The first kappa shape index (κ1) is 14.9. The van der Waals surface area contributed by atoms with E-state index >= 15 is 0 Å². The summed E-state index contributed by atoms with van der Waals surface area (Å²) in [5, 5.41) is 0. The van der Waals surface area contributed by atoms with E-state index < -0.39 is 5.51 Å². The van der Waals surface area contributed by atoms with E-state index in [9.17, 15) is 17.6 Å². The van der Waals surface area contributed by atoms with E-state index in [1.54, 1.807) is 30.3 Å². The third-order valence-corrected chi connectivity index (χ3v) is 3.62. The summed E-state index contributed by atoms with van der Waals surface area (Å²) < 4.78 is 50.4. The molecule has 2 rings (SSSR count). The number of rotatable bonds is 4. The van der Waals surface area contributed by atoms with Gasteiger partial charge in [0.05, 0.1) is 0 Å². The molecule has 20 heavy (non-hydrogen) atoms. The van der Waals surface area contributed by atoms with Crippen molar-refractivity contribution < 1.29 is 17.6 Å². The zero-order valence-corrected chi connectivity index (χ0v) is 11.3. The first-order valence-corrected chi connectivity index (χ1v) is 6.84. The van der Waals surface area contributed by atoms with Crippen LogP contribution in [-0.2, 0) is 12.8 Å². The van der Waals surface area contributed by atoms with Crippen LogP contribution in [0.1, 0.15) is 11.1 Å². The topological polar surface area (TPSA) is 0 Å². The molecule has 2 aromatic carbocycles. The van der Waals surface area contributed by atoms with E-state index in [0.717, 1.165) is 5.56 Å². The molecule has 5 heteroatoms. The Hall–Kier alpha value is -1.49. The van der Waals surface area contributed by atoms with Gasteiger partial charge in [-0.2, -0.15) is 13.2 Å². The van der Waals surface area contributed by atoms with Gasteiger partial charge < -0.3 is 0 Å². The standard InChI is InChI=1S/C15H12F4S/c16-13-6-3-4-11(10-13)8-9-12-5-1-2-7-14(12)20-15(17,18)19/h1-7,10H,8-9H2. The predicted molar refractivity (Wildman–Crippen MR) is 72.2 cm³/mol. The van der Waals surface area contributed by atoms with Gasteiger partial charge in [-0.3, -0.25) is 0 Å². The van der Waals surface area contributed by atoms with Gasteiger partial charge in [0.2, 0.25) is 0 Å². The van der Waals surface area contributed by atoms with Crippen molar-refractivity contribution in [3.05, 3.63) is 65.5 Å². The molecule has 0 saturated carbocycles. The first-order chi connectivity index (χ1) is 9.44. The van der Waals surface area contributed by atoms with E-state index in [2.05, 4.69) is 0 Å². The van der Waals surface area contributed by atoms with Gasteiger partial charge in [-0.15, -0.1) is 0 Å². The lowest BCUT2D eigenvalue weighted by Crippen LogP contribution is -2.02. The summed E-state index contributed by atoms with van der Waals surface area (Å²) in [6, 6.07) is 12.5. The maximum atomic E-state index is 13.0. The quantitative estimate of drug-likeness (QED) is 0.551. The lowest BCUT2D eigenvalue weighted by molar-refractivity contribution is -0.0328. The number of benzene rings is 2. The number of thioether (sulfide) groups is 1. The van der Waals surface area contributed by atoms with Crippen LogP contribution in [0, 0.1) is 5.82 Å². The number of aryl methyl sites for hydroxylation is 2. The van der Waals surface area contributed by atoms with E-state index in [-0.39, 0.29) is 22.5 Å². The SMILES string of the molecule is Fc1cccc(CCc2ccccc2SC(F)(F)F)c1. The van der Waals surface area contributed by atoms with Crippen LogP contribution in [0.4, 0.5) is 17.6 Å². The second kappa shape index (κ2) is 6.31. The van der Waals surface area contributed by atoms with Crippen molar-refractivity contribution in [2.24, 2.45) is 0 Å². The Morgan fingerprint density at radius 3 is 2.35 bits per heavy atom. The second-order valence-electron chi connectivity index (χ2n) is 4.29. The Morgan fingerprint density at radius 1 is 0.900 bits per heavy atom. The molecule has 0 spiro atoms. The molecule has 0 aromatic heterocycles. The van der Waals surface area contributed by atoms with Crippen molar-refractivity contribution in [2.75, 3.05) is 0 Å². The highest BCUT2D eigenvalue weighted by Crippen LogP contribution is 2.38. The van der Waals surface area contributed by atoms with Crippen LogP contribution in [-0.4, -0.2) is 5.51 Å². The minimum absolute atomic E-state index is 0.108. The van der Waals surface area contributed by atoms with Gasteiger partial charge in [0, 0.05) is 4.90 Å². The average molecular weight is 300 g/mol. The molecule has 0 aliphatic carbocycles. The Bertz CT molecular complexity index is 578. The molecule has 0 aliphatic heterocycles. The maximum Gasteiger partial charge on any atom is 0.446 e. The third kappa shape index (κ3) is 4.56. The fraction of sp³-hybridized carbons (Fsp3) is 0.200. The summed E-state index contributed by atoms with van der Waals surface area (Å²) in [5.74, 6) is -0.333. The molecule has 106 valence electrons. The van der Waals surface area contributed by atoms with Gasteiger partial charge in [-0.05, 0) is 53.9 Å². The van der Waals surface area contributed by atoms with Crippen LogP contribution in [0.5, 0.6) is 0 Å². The maximum absolute atomic E-state index is 13.0. The monoisotopic (exact) mass is 300 g/mol. The van der Waals surface area contributed by atoms with Crippen molar-refractivity contribution >= 4 is 11.8 Å². The van der Waals surface area contributed by atoms with E-state index in [1.807, 2.05) is 0 Å². The summed E-state index contributed by atoms with van der Waals surface area (Å²) in [7, 11) is 0. The zero-order chi connectivity index (χ0) is 14.6. The summed E-state index contributed by atoms with van der Waals surface area (Å²) in [6.07, 6.45) is 0.954. The lowest BCUT2D eigenvalue weighted by Gasteiger charge is -2.11. The molecule has 0 fully saturated rings. The van der Waals surface area contributed by atoms with Crippen LogP contribution < -0.4 is 0 Å². The number of halogens is 4. The van der Waals surface area contributed by atoms with Crippen LogP contribution in [0.2, 0.25) is 0 Å². The molecular formula is C15H12F4S. The van der Waals surface area contributed by atoms with Gasteiger partial charge in [-0.1, -0.05) is 30.3 Å². The number of hydrogen-bond acceptors (Lipinski definition) is 1. The largest absolute Gasteiger partial charge is 0.446 e. The molecule has 0 saturated heterocycles. The molecule has 0 amide bonds. The summed E-state index contributed by atoms with van der Waals surface area (Å²) in [4.78, 5) is 0.205. The van der Waals surface area contributed by atoms with Crippen LogP contribution >= 0.6 is 11.8 Å². The Labute approximate surface area is 118 Å². The zero-order valence-electron chi connectivity index (χ0n) is 10.5. The minimum atomic E-state index is -4.30. The van der Waals surface area contributed by atoms with Crippen molar-refractivity contribution in [2.45, 2.75) is 23.2 Å². The van der Waals surface area contributed by atoms with E-state index in [1.165, 1.54) is 18.2 Å². The molecule has 0 heterocycles. The highest BCUT2D eigenvalue weighted by Gasteiger charge is 2.30. The normalized spacial score (nSPS) is 11.6. The molecule has 0 nitrogen and oxygen atoms in total. The predicted octanol–water partition coefficient (Wildman–Crippen LogP) is 5.22. The molecule has 0 radical (unpaired) electrons. The molecule has 0 aliphatic rings. The van der Waals surface area contributed by atoms with Crippen molar-refractivity contribution in [1.82, 2.24) is 0 Å². The molecule has 0 unspecified atom stereocenters. The molecular weight excluding hydrogens is 288 g/mol. The van der Waals surface area contributed by atoms with Gasteiger partial charge in [0.1, 0.15) is 5.82 Å². The third-order valence-electron chi connectivity index (χ3n) is 2.77. The molecule has 0 bridgehead atoms. The molecule has 0 atom stereocenters. The smallest absolute Gasteiger partial charge is 0.207 e. The van der Waals surface area contributed by atoms with Crippen LogP contribution in [0.15, 0.2) is 53.4 Å². The van der Waals surface area contributed by atoms with Gasteiger partial charge in [-0.25, -0.2) is 4.39 Å². The van der Waals surface area contributed by atoms with E-state index in [0.29, 0.717) is 18.4 Å². The summed E-state index contributed by atoms with van der Waals surface area (Å²) in [5.41, 5.74) is -2.90. The summed E-state index contributed by atoms with van der Waals surface area (Å²) >= 11 is -0.108. The Morgan fingerprint density at radius 2 is 1.65 bits per heavy atom. The van der Waals surface area contributed by atoms with Crippen molar-refractivity contribution in [3.8, 4) is 0 Å². The Balaban J connectivity index is 2.09. The summed E-state index contributed by atoms with van der Waals surface area (Å²) in [6.45, 7) is 0. The van der Waals surface area contributed by atoms with Crippen LogP contribution in [0.25, 0.3) is 0 Å². The highest BCUT2D eigenvalue weighted by atomic mass is 32.2. The minimum Gasteiger partial charge on any atom is -0.207 e. The molecule has 2 aromatic rings. The van der Waals surface area contributed by atoms with Gasteiger partial charge >= 0.3 is 5.51 Å². The van der Waals surface area contributed by atoms with Gasteiger partial charge in [0.15, 0.2) is 0 Å². The second-order valence-corrected chi connectivity index (χ2v) is 5.39. The number of hydrogen-bond donors (Lipinski definition) is 0. The highest BCUT2D eigenvalue weighted by molar-refractivity contribution is 8.00. The van der Waals surface area contributed by atoms with E-state index in [4.69, 9.17) is 0 Å². The average Bonchev–Trinajstić information content (AvgIpc) is 2.36.